The molecule has 4 heteroatoms. The average Bonchev–Trinajstić information content (AvgIpc) is 2.36. The fourth-order valence-corrected chi connectivity index (χ4v) is 1.40. The molecule has 0 fully saturated rings. The Morgan fingerprint density at radius 3 is 2.44 bits per heavy atom. The molecule has 0 bridgehead atoms. The van der Waals surface area contributed by atoms with Gasteiger partial charge in [-0.15, -0.1) is 0 Å². The summed E-state index contributed by atoms with van der Waals surface area (Å²) in [5.41, 5.74) is 1.13. The van der Waals surface area contributed by atoms with Gasteiger partial charge < -0.3 is 10.6 Å². The number of hydrogen-bond acceptors (Lipinski definition) is 2. The summed E-state index contributed by atoms with van der Waals surface area (Å²) in [6.07, 6.45) is 2.51. The van der Waals surface area contributed by atoms with Crippen molar-refractivity contribution in [2.45, 2.75) is 20.3 Å². The van der Waals surface area contributed by atoms with Gasteiger partial charge >= 0.3 is 0 Å². The molecule has 0 saturated carbocycles. The van der Waals surface area contributed by atoms with Crippen molar-refractivity contribution in [1.29, 1.82) is 0 Å². The largest absolute Gasteiger partial charge is 0.351 e. The van der Waals surface area contributed by atoms with Crippen molar-refractivity contribution >= 4 is 17.9 Å². The summed E-state index contributed by atoms with van der Waals surface area (Å²) >= 11 is 0. The first-order valence-corrected chi connectivity index (χ1v) is 5.96. The molecule has 0 aliphatic heterocycles. The van der Waals surface area contributed by atoms with Crippen LogP contribution in [0, 0.1) is 0 Å². The molecular weight excluding hydrogens is 228 g/mol. The summed E-state index contributed by atoms with van der Waals surface area (Å²) in [6.45, 7) is 3.94. The van der Waals surface area contributed by atoms with E-state index in [2.05, 4.69) is 10.6 Å². The number of benzene rings is 1. The summed E-state index contributed by atoms with van der Waals surface area (Å²) in [7, 11) is 0. The average molecular weight is 246 g/mol. The molecule has 2 amide bonds. The van der Waals surface area contributed by atoms with Crippen LogP contribution in [0.15, 0.2) is 36.0 Å². The van der Waals surface area contributed by atoms with Gasteiger partial charge in [0.2, 0.25) is 5.91 Å². The second-order valence-electron chi connectivity index (χ2n) is 3.91. The maximum absolute atomic E-state index is 11.8. The van der Waals surface area contributed by atoms with Crippen LogP contribution < -0.4 is 10.6 Å². The lowest BCUT2D eigenvalue weighted by Crippen LogP contribution is -2.34. The van der Waals surface area contributed by atoms with E-state index in [0.29, 0.717) is 6.54 Å². The summed E-state index contributed by atoms with van der Waals surface area (Å²) in [6, 6.07) is 9.39. The third kappa shape index (κ3) is 4.82. The number of hydrogen-bond donors (Lipinski definition) is 2. The Balaban J connectivity index is 2.87. The maximum atomic E-state index is 11.8. The molecule has 0 heterocycles. The Bertz CT molecular complexity index is 438. The number of carbonyl (C=O) groups excluding carboxylic acids is 2. The fraction of sp³-hybridized carbons (Fsp3) is 0.286. The first-order chi connectivity index (χ1) is 8.63. The van der Waals surface area contributed by atoms with Crippen LogP contribution in [0.4, 0.5) is 0 Å². The predicted octanol–water partition coefficient (Wildman–Crippen LogP) is 1.69. The van der Waals surface area contributed by atoms with E-state index in [1.54, 1.807) is 6.08 Å². The van der Waals surface area contributed by atoms with Gasteiger partial charge in [0, 0.05) is 13.5 Å². The van der Waals surface area contributed by atoms with Crippen LogP contribution in [-0.2, 0) is 9.59 Å². The molecule has 0 spiro atoms. The maximum Gasteiger partial charge on any atom is 0.267 e. The molecule has 0 aliphatic carbocycles. The van der Waals surface area contributed by atoms with Gasteiger partial charge in [-0.3, -0.25) is 9.59 Å². The van der Waals surface area contributed by atoms with Crippen molar-refractivity contribution in [1.82, 2.24) is 10.6 Å². The standard InChI is InChI=1S/C14H18N2O2/c1-3-9-15-14(18)13(16-11(2)17)10-12-7-5-4-6-8-12/h4-8,10H,3,9H2,1-2H3,(H,15,18)(H,16,17)/b13-10-. The zero-order valence-electron chi connectivity index (χ0n) is 10.7. The van der Waals surface area contributed by atoms with Crippen LogP contribution in [0.2, 0.25) is 0 Å². The first-order valence-electron chi connectivity index (χ1n) is 5.96. The lowest BCUT2D eigenvalue weighted by atomic mass is 10.2. The Morgan fingerprint density at radius 1 is 1.22 bits per heavy atom. The zero-order valence-corrected chi connectivity index (χ0v) is 10.7. The van der Waals surface area contributed by atoms with Crippen molar-refractivity contribution < 1.29 is 9.59 Å². The number of rotatable bonds is 5. The van der Waals surface area contributed by atoms with E-state index in [1.807, 2.05) is 37.3 Å². The van der Waals surface area contributed by atoms with Crippen LogP contribution >= 0.6 is 0 Å². The van der Waals surface area contributed by atoms with Crippen molar-refractivity contribution in [2.24, 2.45) is 0 Å². The summed E-state index contributed by atoms with van der Waals surface area (Å²) < 4.78 is 0. The molecule has 0 aliphatic rings. The molecule has 1 aromatic carbocycles. The molecule has 0 aromatic heterocycles. The van der Waals surface area contributed by atoms with Gasteiger partial charge in [0.05, 0.1) is 0 Å². The van der Waals surface area contributed by atoms with Crippen molar-refractivity contribution in [3.63, 3.8) is 0 Å². The van der Waals surface area contributed by atoms with Crippen LogP contribution in [0.25, 0.3) is 6.08 Å². The lowest BCUT2D eigenvalue weighted by Gasteiger charge is -2.08. The second-order valence-corrected chi connectivity index (χ2v) is 3.91. The fourth-order valence-electron chi connectivity index (χ4n) is 1.40. The quantitative estimate of drug-likeness (QED) is 0.777. The van der Waals surface area contributed by atoms with Crippen LogP contribution in [-0.4, -0.2) is 18.4 Å². The first kappa shape index (κ1) is 14.0. The molecule has 18 heavy (non-hydrogen) atoms. The van der Waals surface area contributed by atoms with E-state index < -0.39 is 0 Å². The third-order valence-electron chi connectivity index (χ3n) is 2.20. The molecule has 4 nitrogen and oxygen atoms in total. The molecule has 1 rings (SSSR count). The number of carbonyl (C=O) groups is 2. The highest BCUT2D eigenvalue weighted by Gasteiger charge is 2.09. The van der Waals surface area contributed by atoms with Crippen molar-refractivity contribution in [3.8, 4) is 0 Å². The van der Waals surface area contributed by atoms with Crippen molar-refractivity contribution in [2.75, 3.05) is 6.54 Å². The van der Waals surface area contributed by atoms with Crippen LogP contribution in [0.1, 0.15) is 25.8 Å². The van der Waals surface area contributed by atoms with Crippen molar-refractivity contribution in [3.05, 3.63) is 41.6 Å². The van der Waals surface area contributed by atoms with E-state index in [9.17, 15) is 9.59 Å². The summed E-state index contributed by atoms with van der Waals surface area (Å²) in [4.78, 5) is 22.9. The molecule has 96 valence electrons. The lowest BCUT2D eigenvalue weighted by molar-refractivity contribution is -0.122. The van der Waals surface area contributed by atoms with Crippen LogP contribution in [0.5, 0.6) is 0 Å². The van der Waals surface area contributed by atoms with Gasteiger partial charge in [0.15, 0.2) is 0 Å². The predicted molar refractivity (Wildman–Crippen MR) is 71.5 cm³/mol. The molecular formula is C14H18N2O2. The Morgan fingerprint density at radius 2 is 1.89 bits per heavy atom. The summed E-state index contributed by atoms with van der Waals surface area (Å²) in [5.74, 6) is -0.528. The van der Waals surface area contributed by atoms with Gasteiger partial charge in [0.25, 0.3) is 5.91 Å². The SMILES string of the molecule is CCCNC(=O)/C(=C/c1ccccc1)NC(C)=O. The summed E-state index contributed by atoms with van der Waals surface area (Å²) in [5, 5.41) is 5.28. The molecule has 1 aromatic rings. The van der Waals surface area contributed by atoms with E-state index in [4.69, 9.17) is 0 Å². The molecule has 0 saturated heterocycles. The van der Waals surface area contributed by atoms with E-state index >= 15 is 0 Å². The number of nitrogens with one attached hydrogen (secondary N) is 2. The number of amides is 2. The Kier molecular flexibility index (Phi) is 5.64. The van der Waals surface area contributed by atoms with E-state index in [-0.39, 0.29) is 17.5 Å². The van der Waals surface area contributed by atoms with Gasteiger partial charge in [-0.05, 0) is 18.1 Å². The smallest absolute Gasteiger partial charge is 0.267 e. The minimum atomic E-state index is -0.268. The monoisotopic (exact) mass is 246 g/mol. The van der Waals surface area contributed by atoms with Gasteiger partial charge in [0.1, 0.15) is 5.70 Å². The Labute approximate surface area is 107 Å². The second kappa shape index (κ2) is 7.27. The van der Waals surface area contributed by atoms with Gasteiger partial charge in [-0.25, -0.2) is 0 Å². The molecule has 0 radical (unpaired) electrons. The van der Waals surface area contributed by atoms with Gasteiger partial charge in [-0.1, -0.05) is 37.3 Å². The van der Waals surface area contributed by atoms with E-state index in [0.717, 1.165) is 12.0 Å². The van der Waals surface area contributed by atoms with Crippen LogP contribution in [0.3, 0.4) is 0 Å². The molecule has 2 N–H and O–H groups in total. The zero-order chi connectivity index (χ0) is 13.4. The highest BCUT2D eigenvalue weighted by atomic mass is 16.2. The molecule has 0 atom stereocenters. The minimum Gasteiger partial charge on any atom is -0.351 e. The van der Waals surface area contributed by atoms with E-state index in [1.165, 1.54) is 6.92 Å². The normalized spacial score (nSPS) is 10.9. The minimum absolute atomic E-state index is 0.260. The highest BCUT2D eigenvalue weighted by Crippen LogP contribution is 2.05. The topological polar surface area (TPSA) is 58.2 Å². The van der Waals surface area contributed by atoms with Gasteiger partial charge in [-0.2, -0.15) is 0 Å². The molecule has 0 unspecified atom stereocenters. The third-order valence-corrected chi connectivity index (χ3v) is 2.20. The Hall–Kier alpha value is -2.10. The highest BCUT2D eigenvalue weighted by molar-refractivity contribution is 6.00.